The lowest BCUT2D eigenvalue weighted by Gasteiger charge is -2.36. The highest BCUT2D eigenvalue weighted by Crippen LogP contribution is 2.35. The summed E-state index contributed by atoms with van der Waals surface area (Å²) in [5, 5.41) is 10.3. The first kappa shape index (κ1) is 27.2. The van der Waals surface area contributed by atoms with E-state index in [1.165, 1.54) is 11.1 Å². The second kappa shape index (κ2) is 11.1. The van der Waals surface area contributed by atoms with Crippen LogP contribution in [-0.2, 0) is 33.5 Å². The second-order valence-corrected chi connectivity index (χ2v) is 11.4. The smallest absolute Gasteiger partial charge is 0.307 e. The van der Waals surface area contributed by atoms with Gasteiger partial charge in [-0.25, -0.2) is 0 Å². The fraction of sp³-hybridized carbons (Fsp3) is 0.353. The van der Waals surface area contributed by atoms with E-state index in [1.54, 1.807) is 17.6 Å². The van der Waals surface area contributed by atoms with E-state index in [0.29, 0.717) is 47.2 Å². The third-order valence-electron chi connectivity index (χ3n) is 8.38. The lowest BCUT2D eigenvalue weighted by atomic mass is 9.97. The van der Waals surface area contributed by atoms with Crippen LogP contribution in [0.15, 0.2) is 66.7 Å². The number of nitrogens with zero attached hydrogens (tertiary/aromatic N) is 1. The molecule has 2 aliphatic rings. The van der Waals surface area contributed by atoms with Crippen LogP contribution in [0.1, 0.15) is 45.2 Å². The Morgan fingerprint density at radius 2 is 1.63 bits per heavy atom. The minimum atomic E-state index is -0.929. The number of fused-ring (bicyclic) bond motifs is 2. The van der Waals surface area contributed by atoms with Gasteiger partial charge in [0.2, 0.25) is 0 Å². The average Bonchev–Trinajstić information content (AvgIpc) is 3.50. The van der Waals surface area contributed by atoms with Crippen LogP contribution in [0.3, 0.4) is 0 Å². The van der Waals surface area contributed by atoms with Crippen molar-refractivity contribution in [2.24, 2.45) is 11.8 Å². The summed E-state index contributed by atoms with van der Waals surface area (Å²) in [5.74, 6) is 0.0708. The summed E-state index contributed by atoms with van der Waals surface area (Å²) in [6.07, 6.45) is 0.884. The molecule has 0 spiro atoms. The summed E-state index contributed by atoms with van der Waals surface area (Å²) in [4.78, 5) is 25.4. The van der Waals surface area contributed by atoms with Crippen molar-refractivity contribution in [1.29, 1.82) is 0 Å². The van der Waals surface area contributed by atoms with Gasteiger partial charge in [0.1, 0.15) is 5.75 Å². The molecule has 3 aromatic carbocycles. The molecule has 1 aliphatic carbocycles. The lowest BCUT2D eigenvalue weighted by molar-refractivity contribution is -0.240. The third-order valence-corrected chi connectivity index (χ3v) is 8.38. The molecule has 7 heteroatoms. The normalized spacial score (nSPS) is 19.7. The Morgan fingerprint density at radius 3 is 2.29 bits per heavy atom. The van der Waals surface area contributed by atoms with E-state index in [1.807, 2.05) is 43.3 Å². The van der Waals surface area contributed by atoms with Crippen molar-refractivity contribution < 1.29 is 28.9 Å². The molecule has 1 fully saturated rings. The lowest BCUT2D eigenvalue weighted by Crippen LogP contribution is -2.46. The van der Waals surface area contributed by atoms with Crippen LogP contribution in [-0.4, -0.2) is 47.2 Å². The number of ether oxygens (including phenoxy) is 3. The zero-order valence-corrected chi connectivity index (χ0v) is 23.6. The highest BCUT2D eigenvalue weighted by atomic mass is 16.7. The Labute approximate surface area is 239 Å². The number of hydrogen-bond donors (Lipinski definition) is 1. The zero-order chi connectivity index (χ0) is 28.7. The van der Waals surface area contributed by atoms with Crippen LogP contribution < -0.4 is 4.74 Å². The van der Waals surface area contributed by atoms with E-state index in [9.17, 15) is 14.7 Å². The number of rotatable bonds is 7. The Morgan fingerprint density at radius 1 is 0.976 bits per heavy atom. The first-order valence-corrected chi connectivity index (χ1v) is 14.2. The summed E-state index contributed by atoms with van der Waals surface area (Å²) in [6.45, 7) is 7.07. The topological polar surface area (TPSA) is 87.0 Å². The molecular weight excluding hydrogens is 518 g/mol. The molecule has 1 saturated heterocycles. The maximum atomic E-state index is 13.9. The first-order chi connectivity index (χ1) is 19.8. The minimum absolute atomic E-state index is 0.144. The van der Waals surface area contributed by atoms with Gasteiger partial charge in [0.15, 0.2) is 12.4 Å². The number of benzene rings is 3. The van der Waals surface area contributed by atoms with E-state index in [-0.39, 0.29) is 24.3 Å². The van der Waals surface area contributed by atoms with Crippen molar-refractivity contribution in [2.75, 3.05) is 13.2 Å². The van der Waals surface area contributed by atoms with Gasteiger partial charge in [0.25, 0.3) is 5.91 Å². The molecule has 0 radical (unpaired) electrons. The monoisotopic (exact) mass is 553 g/mol. The largest absolute Gasteiger partial charge is 0.485 e. The van der Waals surface area contributed by atoms with Gasteiger partial charge in [-0.15, -0.1) is 0 Å². The molecule has 1 N–H and O–H groups in total. The van der Waals surface area contributed by atoms with Crippen LogP contribution in [0.25, 0.3) is 10.9 Å². The molecular formula is C34H35NO6. The number of aromatic nitrogens is 1. The fourth-order valence-electron chi connectivity index (χ4n) is 6.30. The number of aliphatic carboxylic acids is 1. The maximum absolute atomic E-state index is 13.9. The molecule has 2 heterocycles. The summed E-state index contributed by atoms with van der Waals surface area (Å²) in [7, 11) is 0. The van der Waals surface area contributed by atoms with Crippen molar-refractivity contribution in [2.45, 2.75) is 52.4 Å². The Balaban J connectivity index is 1.29. The molecule has 0 amide bonds. The molecule has 41 heavy (non-hydrogen) atoms. The van der Waals surface area contributed by atoms with Crippen molar-refractivity contribution in [3.63, 3.8) is 0 Å². The fourth-order valence-corrected chi connectivity index (χ4v) is 6.30. The quantitative estimate of drug-likeness (QED) is 0.314. The van der Waals surface area contributed by atoms with Crippen LogP contribution >= 0.6 is 0 Å². The van der Waals surface area contributed by atoms with Crippen molar-refractivity contribution in [3.8, 4) is 5.75 Å². The predicted molar refractivity (Wildman–Crippen MR) is 156 cm³/mol. The van der Waals surface area contributed by atoms with Crippen LogP contribution in [0.5, 0.6) is 5.75 Å². The van der Waals surface area contributed by atoms with E-state index in [0.717, 1.165) is 23.8 Å². The molecule has 1 aromatic heterocycles. The Bertz CT molecular complexity index is 1590. The average molecular weight is 554 g/mol. The molecule has 4 aromatic rings. The molecule has 0 saturated carbocycles. The van der Waals surface area contributed by atoms with Crippen molar-refractivity contribution in [3.05, 3.63) is 100 Å². The van der Waals surface area contributed by atoms with Crippen molar-refractivity contribution in [1.82, 2.24) is 4.57 Å². The summed E-state index contributed by atoms with van der Waals surface area (Å²) >= 11 is 0. The number of carboxylic acids is 1. The number of hydrogen-bond acceptors (Lipinski definition) is 5. The van der Waals surface area contributed by atoms with Gasteiger partial charge in [-0.05, 0) is 73.2 Å². The summed E-state index contributed by atoms with van der Waals surface area (Å²) in [5.41, 5.74) is 5.98. The standard InChI is InChI=1S/C34H35NO6/c1-20-18-39-34(40-19-20)32(25-15-23-8-4-5-9-24(23)16-25)41-26-12-13-27(21(2)14-26)33(38)35-22(3)29(17-31(36)37)28-10-6-7-11-30(28)35/h4-14,20,25,32,34H,15-19H2,1-3H3,(H,36,37). The number of carboxylic acid groups (broad SMARTS) is 1. The molecule has 0 bridgehead atoms. The summed E-state index contributed by atoms with van der Waals surface area (Å²) < 4.78 is 20.5. The number of aryl methyl sites for hydroxylation is 1. The van der Waals surface area contributed by atoms with Gasteiger partial charge < -0.3 is 19.3 Å². The number of carbonyl (C=O) groups excluding carboxylic acids is 1. The van der Waals surface area contributed by atoms with Gasteiger partial charge in [-0.3, -0.25) is 14.2 Å². The Kier molecular flexibility index (Phi) is 7.41. The SMILES string of the molecule is Cc1cc(OC(C2Cc3ccccc3C2)C2OCC(C)CO2)ccc1C(=O)n1c(C)c(CC(=O)O)c2ccccc21. The van der Waals surface area contributed by atoms with Crippen LogP contribution in [0.4, 0.5) is 0 Å². The van der Waals surface area contributed by atoms with Gasteiger partial charge >= 0.3 is 5.97 Å². The van der Waals surface area contributed by atoms with Gasteiger partial charge in [0.05, 0.1) is 25.2 Å². The van der Waals surface area contributed by atoms with Gasteiger partial charge in [-0.2, -0.15) is 0 Å². The van der Waals surface area contributed by atoms with Gasteiger partial charge in [0, 0.05) is 28.5 Å². The van der Waals surface area contributed by atoms with E-state index in [2.05, 4.69) is 31.2 Å². The molecule has 6 rings (SSSR count). The molecule has 1 aliphatic heterocycles. The summed E-state index contributed by atoms with van der Waals surface area (Å²) in [6, 6.07) is 21.5. The predicted octanol–water partition coefficient (Wildman–Crippen LogP) is 5.75. The van der Waals surface area contributed by atoms with Gasteiger partial charge in [-0.1, -0.05) is 49.4 Å². The number of para-hydroxylation sites is 1. The van der Waals surface area contributed by atoms with E-state index >= 15 is 0 Å². The van der Waals surface area contributed by atoms with E-state index < -0.39 is 12.3 Å². The molecule has 7 nitrogen and oxygen atoms in total. The molecule has 212 valence electrons. The second-order valence-electron chi connectivity index (χ2n) is 11.4. The maximum Gasteiger partial charge on any atom is 0.307 e. The third kappa shape index (κ3) is 5.27. The highest BCUT2D eigenvalue weighted by Gasteiger charge is 2.39. The molecule has 1 atom stereocenters. The molecule has 1 unspecified atom stereocenters. The van der Waals surface area contributed by atoms with E-state index in [4.69, 9.17) is 14.2 Å². The zero-order valence-electron chi connectivity index (χ0n) is 23.6. The Hall–Kier alpha value is -3.94. The van der Waals surface area contributed by atoms with Crippen molar-refractivity contribution >= 4 is 22.8 Å². The number of carbonyl (C=O) groups is 2. The van der Waals surface area contributed by atoms with Crippen LogP contribution in [0.2, 0.25) is 0 Å². The minimum Gasteiger partial charge on any atom is -0.485 e. The van der Waals surface area contributed by atoms with Crippen LogP contribution in [0, 0.1) is 25.7 Å². The highest BCUT2D eigenvalue weighted by molar-refractivity contribution is 6.05. The first-order valence-electron chi connectivity index (χ1n) is 14.2.